The average Bonchev–Trinajstić information content (AvgIpc) is 2.14. The van der Waals surface area contributed by atoms with Crippen molar-refractivity contribution in [3.8, 4) is 0 Å². The van der Waals surface area contributed by atoms with Crippen LogP contribution in [0.15, 0.2) is 0 Å². The molecular weight excluding hydrogens is 248 g/mol. The Labute approximate surface area is 112 Å². The predicted molar refractivity (Wildman–Crippen MR) is 76.2 cm³/mol. The Morgan fingerprint density at radius 2 is 1.44 bits per heavy atom. The highest BCUT2D eigenvalue weighted by molar-refractivity contribution is 7.90. The van der Waals surface area contributed by atoms with E-state index in [4.69, 9.17) is 0 Å². The van der Waals surface area contributed by atoms with Gasteiger partial charge in [-0.2, -0.15) is 0 Å². The number of piperidine rings is 1. The van der Waals surface area contributed by atoms with E-state index in [9.17, 15) is 8.42 Å². The van der Waals surface area contributed by atoms with Crippen molar-refractivity contribution in [1.82, 2.24) is 9.62 Å². The second kappa shape index (κ2) is 5.10. The van der Waals surface area contributed by atoms with Gasteiger partial charge in [-0.05, 0) is 54.4 Å². The van der Waals surface area contributed by atoms with Gasteiger partial charge in [-0.3, -0.25) is 4.90 Å². The molecule has 1 aliphatic heterocycles. The lowest BCUT2D eigenvalue weighted by Crippen LogP contribution is -2.52. The Balaban J connectivity index is 2.56. The minimum Gasteiger partial charge on any atom is -0.298 e. The van der Waals surface area contributed by atoms with Gasteiger partial charge in [-0.1, -0.05) is 0 Å². The van der Waals surface area contributed by atoms with Crippen molar-refractivity contribution in [2.24, 2.45) is 0 Å². The molecule has 0 aromatic rings. The number of nitrogens with one attached hydrogen (secondary N) is 1. The Morgan fingerprint density at radius 3 is 1.78 bits per heavy atom. The molecule has 5 heteroatoms. The van der Waals surface area contributed by atoms with Crippen LogP contribution in [0.3, 0.4) is 0 Å². The molecule has 108 valence electrons. The maximum absolute atomic E-state index is 12.1. The molecule has 0 atom stereocenters. The minimum absolute atomic E-state index is 0.0906. The molecule has 0 unspecified atom stereocenters. The number of likely N-dealkylation sites (tertiary alicyclic amines) is 1. The van der Waals surface area contributed by atoms with E-state index >= 15 is 0 Å². The van der Waals surface area contributed by atoms with Crippen molar-refractivity contribution >= 4 is 10.0 Å². The molecule has 0 amide bonds. The summed E-state index contributed by atoms with van der Waals surface area (Å²) in [5.41, 5.74) is 0.174. The van der Waals surface area contributed by atoms with Gasteiger partial charge in [0, 0.05) is 24.7 Å². The summed E-state index contributed by atoms with van der Waals surface area (Å²) in [7, 11) is -3.22. The Bertz CT molecular complexity index is 369. The molecule has 1 N–H and O–H groups in total. The zero-order chi connectivity index (χ0) is 14.2. The molecule has 0 radical (unpaired) electrons. The first-order valence-corrected chi connectivity index (χ1v) is 8.19. The van der Waals surface area contributed by atoms with E-state index in [1.807, 2.05) is 0 Å². The molecular formula is C13H28N2O2S. The van der Waals surface area contributed by atoms with Crippen molar-refractivity contribution < 1.29 is 8.42 Å². The van der Waals surface area contributed by atoms with E-state index in [0.717, 1.165) is 25.9 Å². The average molecular weight is 276 g/mol. The maximum atomic E-state index is 12.1. The summed E-state index contributed by atoms with van der Waals surface area (Å²) in [4.78, 5) is 2.41. The molecule has 0 aromatic heterocycles. The molecule has 0 aliphatic carbocycles. The van der Waals surface area contributed by atoms with Crippen molar-refractivity contribution in [3.63, 3.8) is 0 Å². The van der Waals surface area contributed by atoms with Gasteiger partial charge < -0.3 is 0 Å². The highest BCUT2D eigenvalue weighted by atomic mass is 32.2. The summed E-state index contributed by atoms with van der Waals surface area (Å²) in [6.07, 6.45) is 1.79. The monoisotopic (exact) mass is 276 g/mol. The van der Waals surface area contributed by atoms with Gasteiger partial charge in [0.15, 0.2) is 0 Å². The Kier molecular flexibility index (Phi) is 4.51. The number of rotatable bonds is 2. The molecule has 1 aliphatic rings. The standard InChI is InChI=1S/C13H28N2O2S/c1-12(2,3)15-9-7-11(8-10-15)14-18(16,17)13(4,5)6/h11,14H,7-10H2,1-6H3. The van der Waals surface area contributed by atoms with Crippen LogP contribution in [-0.2, 0) is 10.0 Å². The Hall–Kier alpha value is -0.130. The highest BCUT2D eigenvalue weighted by Crippen LogP contribution is 2.22. The molecule has 0 bridgehead atoms. The highest BCUT2D eigenvalue weighted by Gasteiger charge is 2.33. The first kappa shape index (κ1) is 15.9. The lowest BCUT2D eigenvalue weighted by molar-refractivity contribution is 0.100. The van der Waals surface area contributed by atoms with Crippen LogP contribution in [0.4, 0.5) is 0 Å². The van der Waals surface area contributed by atoms with Crippen molar-refractivity contribution in [1.29, 1.82) is 0 Å². The summed E-state index contributed by atoms with van der Waals surface area (Å²) in [5, 5.41) is 0. The van der Waals surface area contributed by atoms with Crippen LogP contribution in [0.1, 0.15) is 54.4 Å². The van der Waals surface area contributed by atoms with E-state index in [1.54, 1.807) is 20.8 Å². The zero-order valence-corrected chi connectivity index (χ0v) is 13.4. The summed E-state index contributed by atoms with van der Waals surface area (Å²) < 4.78 is 26.3. The fourth-order valence-electron chi connectivity index (χ4n) is 2.06. The molecule has 1 saturated heterocycles. The van der Waals surface area contributed by atoms with Gasteiger partial charge in [0.2, 0.25) is 10.0 Å². The van der Waals surface area contributed by atoms with E-state index in [2.05, 4.69) is 30.4 Å². The maximum Gasteiger partial charge on any atom is 0.216 e. The third-order valence-corrected chi connectivity index (χ3v) is 5.83. The Morgan fingerprint density at radius 1 is 1.00 bits per heavy atom. The molecule has 18 heavy (non-hydrogen) atoms. The summed E-state index contributed by atoms with van der Waals surface area (Å²) in [6.45, 7) is 13.7. The third kappa shape index (κ3) is 3.93. The van der Waals surface area contributed by atoms with Crippen LogP contribution >= 0.6 is 0 Å². The first-order valence-electron chi connectivity index (χ1n) is 6.70. The summed E-state index contributed by atoms with van der Waals surface area (Å²) in [6, 6.07) is 0.0906. The van der Waals surface area contributed by atoms with Crippen molar-refractivity contribution in [3.05, 3.63) is 0 Å². The largest absolute Gasteiger partial charge is 0.298 e. The van der Waals surface area contributed by atoms with Crippen molar-refractivity contribution in [2.75, 3.05) is 13.1 Å². The lowest BCUT2D eigenvalue weighted by Gasteiger charge is -2.41. The van der Waals surface area contributed by atoms with Crippen LogP contribution in [-0.4, -0.2) is 42.7 Å². The second-order valence-corrected chi connectivity index (χ2v) is 9.63. The summed E-state index contributed by atoms with van der Waals surface area (Å²) in [5.74, 6) is 0. The lowest BCUT2D eigenvalue weighted by atomic mass is 9.99. The first-order chi connectivity index (χ1) is 7.93. The minimum atomic E-state index is -3.22. The van der Waals surface area contributed by atoms with Crippen molar-refractivity contribution in [2.45, 2.75) is 70.7 Å². The van der Waals surface area contributed by atoms with E-state index in [0.29, 0.717) is 0 Å². The molecule has 1 rings (SSSR count). The summed E-state index contributed by atoms with van der Waals surface area (Å²) >= 11 is 0. The van der Waals surface area contributed by atoms with Crippen LogP contribution in [0.5, 0.6) is 0 Å². The van der Waals surface area contributed by atoms with E-state index < -0.39 is 14.8 Å². The van der Waals surface area contributed by atoms with Crippen LogP contribution in [0.2, 0.25) is 0 Å². The van der Waals surface area contributed by atoms with Gasteiger partial charge in [-0.15, -0.1) is 0 Å². The number of nitrogens with zero attached hydrogens (tertiary/aromatic N) is 1. The van der Waals surface area contributed by atoms with Gasteiger partial charge in [0.25, 0.3) is 0 Å². The quantitative estimate of drug-likeness (QED) is 0.839. The van der Waals surface area contributed by atoms with Crippen LogP contribution in [0, 0.1) is 0 Å². The fourth-order valence-corrected chi connectivity index (χ4v) is 3.09. The van der Waals surface area contributed by atoms with Gasteiger partial charge in [0.1, 0.15) is 0 Å². The van der Waals surface area contributed by atoms with Gasteiger partial charge in [0.05, 0.1) is 4.75 Å². The number of sulfonamides is 1. The van der Waals surface area contributed by atoms with E-state index in [-0.39, 0.29) is 11.6 Å². The topological polar surface area (TPSA) is 49.4 Å². The van der Waals surface area contributed by atoms with Gasteiger partial charge >= 0.3 is 0 Å². The zero-order valence-electron chi connectivity index (χ0n) is 12.6. The molecule has 0 spiro atoms. The third-order valence-electron chi connectivity index (χ3n) is 3.57. The SMILES string of the molecule is CC(C)(C)N1CCC(NS(=O)(=O)C(C)(C)C)CC1. The normalized spacial score (nSPS) is 21.2. The molecule has 0 aromatic carbocycles. The fraction of sp³-hybridized carbons (Fsp3) is 1.00. The number of hydrogen-bond donors (Lipinski definition) is 1. The second-order valence-electron chi connectivity index (χ2n) is 7.17. The predicted octanol–water partition coefficient (Wildman–Crippen LogP) is 1.97. The van der Waals surface area contributed by atoms with Crippen LogP contribution < -0.4 is 4.72 Å². The van der Waals surface area contributed by atoms with Gasteiger partial charge in [-0.25, -0.2) is 13.1 Å². The number of hydrogen-bond acceptors (Lipinski definition) is 3. The van der Waals surface area contributed by atoms with E-state index in [1.165, 1.54) is 0 Å². The molecule has 0 saturated carbocycles. The van der Waals surface area contributed by atoms with Crippen LogP contribution in [0.25, 0.3) is 0 Å². The molecule has 1 heterocycles. The molecule has 1 fully saturated rings. The smallest absolute Gasteiger partial charge is 0.216 e. The molecule has 4 nitrogen and oxygen atoms in total.